The van der Waals surface area contributed by atoms with Gasteiger partial charge in [0.15, 0.2) is 0 Å². The van der Waals surface area contributed by atoms with Crippen LogP contribution in [-0.4, -0.2) is 27.2 Å². The van der Waals surface area contributed by atoms with Crippen LogP contribution in [0.15, 0.2) is 58.4 Å². The van der Waals surface area contributed by atoms with Crippen LogP contribution in [0.4, 0.5) is 4.39 Å². The number of hydrazine groups is 1. The monoisotopic (exact) mass is 412 g/mol. The summed E-state index contributed by atoms with van der Waals surface area (Å²) in [7, 11) is 0. The molecule has 0 amide bonds. The summed E-state index contributed by atoms with van der Waals surface area (Å²) in [4.78, 5) is 11.9. The Morgan fingerprint density at radius 2 is 2.17 bits per heavy atom. The van der Waals surface area contributed by atoms with Gasteiger partial charge < -0.3 is 10.7 Å². The maximum atomic E-state index is 13.7. The lowest BCUT2D eigenvalue weighted by atomic mass is 9.77. The molecular formula is C21H22ClFN6. The molecule has 8 heteroatoms. The zero-order valence-corrected chi connectivity index (χ0v) is 17.0. The predicted molar refractivity (Wildman–Crippen MR) is 113 cm³/mol. The first kappa shape index (κ1) is 19.6. The van der Waals surface area contributed by atoms with Crippen LogP contribution >= 0.6 is 11.6 Å². The van der Waals surface area contributed by atoms with E-state index in [0.717, 1.165) is 35.0 Å². The van der Waals surface area contributed by atoms with E-state index in [9.17, 15) is 4.39 Å². The zero-order chi connectivity index (χ0) is 20.8. The van der Waals surface area contributed by atoms with Crippen LogP contribution in [0.3, 0.4) is 0 Å². The molecule has 0 saturated heterocycles. The fraction of sp³-hybridized carbons (Fsp3) is 0.238. The fourth-order valence-corrected chi connectivity index (χ4v) is 4.09. The van der Waals surface area contributed by atoms with Crippen molar-refractivity contribution in [2.75, 3.05) is 6.54 Å². The van der Waals surface area contributed by atoms with E-state index < -0.39 is 11.2 Å². The van der Waals surface area contributed by atoms with Crippen molar-refractivity contribution in [3.05, 3.63) is 81.6 Å². The van der Waals surface area contributed by atoms with Gasteiger partial charge in [0.05, 0.1) is 11.9 Å². The topological polar surface area (TPSA) is 96.3 Å². The molecule has 4 rings (SSSR count). The molecule has 3 heterocycles. The first-order chi connectivity index (χ1) is 13.8. The van der Waals surface area contributed by atoms with Crippen molar-refractivity contribution in [3.63, 3.8) is 0 Å². The maximum absolute atomic E-state index is 13.7. The summed E-state index contributed by atoms with van der Waals surface area (Å²) in [5.74, 6) is 6.31. The van der Waals surface area contributed by atoms with Crippen molar-refractivity contribution in [2.45, 2.75) is 25.7 Å². The molecular weight excluding hydrogens is 391 g/mol. The van der Waals surface area contributed by atoms with Gasteiger partial charge in [-0.3, -0.25) is 9.99 Å². The molecule has 29 heavy (non-hydrogen) atoms. The Labute approximate surface area is 173 Å². The summed E-state index contributed by atoms with van der Waals surface area (Å²) in [6, 6.07) is 1.37. The minimum Gasteiger partial charge on any atom is -0.361 e. The molecule has 0 bridgehead atoms. The van der Waals surface area contributed by atoms with Gasteiger partial charge >= 0.3 is 0 Å². The summed E-state index contributed by atoms with van der Waals surface area (Å²) in [5, 5.41) is 1.63. The molecule has 2 aliphatic rings. The highest BCUT2D eigenvalue weighted by Gasteiger charge is 2.38. The second-order valence-corrected chi connectivity index (χ2v) is 7.74. The molecule has 0 aromatic carbocycles. The Bertz CT molecular complexity index is 1100. The van der Waals surface area contributed by atoms with E-state index in [1.54, 1.807) is 12.3 Å². The largest absolute Gasteiger partial charge is 0.361 e. The quantitative estimate of drug-likeness (QED) is 0.530. The van der Waals surface area contributed by atoms with E-state index in [1.165, 1.54) is 11.1 Å². The number of nitrogens with two attached hydrogens (primary N) is 2. The highest BCUT2D eigenvalue weighted by atomic mass is 35.5. The molecule has 0 saturated carbocycles. The van der Waals surface area contributed by atoms with Crippen LogP contribution in [0.1, 0.15) is 36.2 Å². The molecule has 1 aliphatic heterocycles. The van der Waals surface area contributed by atoms with Gasteiger partial charge in [-0.15, -0.1) is 0 Å². The van der Waals surface area contributed by atoms with Crippen LogP contribution in [-0.2, 0) is 11.8 Å². The average molecular weight is 413 g/mol. The number of hydrogen-bond donors (Lipinski definition) is 3. The standard InChI is InChI=1S/C21H22ClFN6/c1-12(21(2)5-3-16-19(21)13(4-6-24)10-27-16)20-28-17(8-18(22)29(20)25)14-7-15(23)11-26-9-14/h3,5,7-11,27H,4,6,24-25H2,1-2H3/b20-12-. The Balaban J connectivity index is 1.85. The number of aromatic nitrogens is 2. The molecule has 0 fully saturated rings. The number of H-pyrrole nitrogens is 1. The van der Waals surface area contributed by atoms with Crippen LogP contribution < -0.4 is 11.6 Å². The number of nitrogens with one attached hydrogen (secondary N) is 1. The normalized spacial score (nSPS) is 22.5. The summed E-state index contributed by atoms with van der Waals surface area (Å²) < 4.78 is 13.7. The smallest absolute Gasteiger partial charge is 0.148 e. The van der Waals surface area contributed by atoms with Crippen LogP contribution in [0.2, 0.25) is 0 Å². The summed E-state index contributed by atoms with van der Waals surface area (Å²) in [6.07, 6.45) is 11.2. The highest BCUT2D eigenvalue weighted by molar-refractivity contribution is 6.32. The first-order valence-corrected chi connectivity index (χ1v) is 9.66. The number of aliphatic imine (C=N–C) groups is 1. The minimum atomic E-state index is -0.443. The molecule has 150 valence electrons. The summed E-state index contributed by atoms with van der Waals surface area (Å²) in [6.45, 7) is 4.65. The van der Waals surface area contributed by atoms with Gasteiger partial charge in [-0.1, -0.05) is 17.7 Å². The Morgan fingerprint density at radius 1 is 1.38 bits per heavy atom. The van der Waals surface area contributed by atoms with Gasteiger partial charge in [-0.05, 0) is 55.7 Å². The molecule has 6 nitrogen and oxygen atoms in total. The number of aromatic amines is 1. The number of nitrogens with zero attached hydrogens (tertiary/aromatic N) is 3. The fourth-order valence-electron chi connectivity index (χ4n) is 3.91. The minimum absolute atomic E-state index is 0.288. The van der Waals surface area contributed by atoms with E-state index in [0.29, 0.717) is 23.6 Å². The van der Waals surface area contributed by atoms with Crippen LogP contribution in [0, 0.1) is 5.82 Å². The lowest BCUT2D eigenvalue weighted by molar-refractivity contribution is 0.451. The van der Waals surface area contributed by atoms with Gasteiger partial charge in [0.1, 0.15) is 16.8 Å². The second-order valence-electron chi connectivity index (χ2n) is 7.35. The number of fused-ring (bicyclic) bond motifs is 1. The van der Waals surface area contributed by atoms with Gasteiger partial charge in [0.25, 0.3) is 0 Å². The summed E-state index contributed by atoms with van der Waals surface area (Å²) in [5.41, 5.74) is 10.7. The van der Waals surface area contributed by atoms with Crippen molar-refractivity contribution in [1.29, 1.82) is 0 Å². The second kappa shape index (κ2) is 7.26. The van der Waals surface area contributed by atoms with Crippen molar-refractivity contribution in [2.24, 2.45) is 16.6 Å². The van der Waals surface area contributed by atoms with Crippen LogP contribution in [0.25, 0.3) is 6.08 Å². The van der Waals surface area contributed by atoms with E-state index in [4.69, 9.17) is 28.2 Å². The maximum Gasteiger partial charge on any atom is 0.148 e. The third-order valence-corrected chi connectivity index (χ3v) is 5.86. The Hall–Kier alpha value is -2.74. The summed E-state index contributed by atoms with van der Waals surface area (Å²) >= 11 is 6.39. The highest BCUT2D eigenvalue weighted by Crippen LogP contribution is 2.45. The Morgan fingerprint density at radius 3 is 2.90 bits per heavy atom. The number of hydrogen-bond acceptors (Lipinski definition) is 5. The molecule has 0 spiro atoms. The van der Waals surface area contributed by atoms with Gasteiger partial charge in [0.2, 0.25) is 0 Å². The molecule has 2 aromatic heterocycles. The third-order valence-electron chi connectivity index (χ3n) is 5.56. The average Bonchev–Trinajstić information content (AvgIpc) is 3.26. The zero-order valence-electron chi connectivity index (χ0n) is 16.2. The van der Waals surface area contributed by atoms with Crippen molar-refractivity contribution < 1.29 is 4.39 Å². The van der Waals surface area contributed by atoms with E-state index in [1.807, 2.05) is 13.1 Å². The van der Waals surface area contributed by atoms with Crippen molar-refractivity contribution in [1.82, 2.24) is 15.0 Å². The number of halogens is 2. The van der Waals surface area contributed by atoms with E-state index >= 15 is 0 Å². The molecule has 2 aromatic rings. The Kier molecular flexibility index (Phi) is 4.90. The first-order valence-electron chi connectivity index (χ1n) is 9.28. The molecule has 5 N–H and O–H groups in total. The van der Waals surface area contributed by atoms with Gasteiger partial charge in [-0.2, -0.15) is 0 Å². The van der Waals surface area contributed by atoms with E-state index in [2.05, 4.69) is 29.0 Å². The van der Waals surface area contributed by atoms with Crippen molar-refractivity contribution >= 4 is 23.4 Å². The number of allylic oxidation sites excluding steroid dienone is 3. The SMILES string of the molecule is C/C(=C1\N=C(c2cncc(F)c2)C=C(Cl)N1N)C1(C)C=Cc2[nH]cc(CCN)c21. The number of rotatable bonds is 4. The molecule has 1 atom stereocenters. The van der Waals surface area contributed by atoms with Gasteiger partial charge in [-0.25, -0.2) is 15.2 Å². The molecule has 1 aliphatic carbocycles. The molecule has 0 radical (unpaired) electrons. The third kappa shape index (κ3) is 3.21. The van der Waals surface area contributed by atoms with E-state index in [-0.39, 0.29) is 5.16 Å². The van der Waals surface area contributed by atoms with Crippen molar-refractivity contribution in [3.8, 4) is 0 Å². The number of pyridine rings is 1. The van der Waals surface area contributed by atoms with Gasteiger partial charge in [0, 0.05) is 35.1 Å². The predicted octanol–water partition coefficient (Wildman–Crippen LogP) is 3.32. The lowest BCUT2D eigenvalue weighted by Gasteiger charge is -2.32. The van der Waals surface area contributed by atoms with Crippen LogP contribution in [0.5, 0.6) is 0 Å². The lowest BCUT2D eigenvalue weighted by Crippen LogP contribution is -2.34. The molecule has 1 unspecified atom stereocenters.